The van der Waals surface area contributed by atoms with E-state index in [4.69, 9.17) is 4.74 Å². The first-order valence-electron chi connectivity index (χ1n) is 7.33. The molecule has 0 N–H and O–H groups in total. The van der Waals surface area contributed by atoms with Gasteiger partial charge in [0.1, 0.15) is 11.5 Å². The molecule has 5 heteroatoms. The van der Waals surface area contributed by atoms with Gasteiger partial charge in [0.25, 0.3) is 0 Å². The summed E-state index contributed by atoms with van der Waals surface area (Å²) in [5.41, 5.74) is -0.151. The Morgan fingerprint density at radius 1 is 1.04 bits per heavy atom. The lowest BCUT2D eigenvalue weighted by Crippen LogP contribution is -2.54. The van der Waals surface area contributed by atoms with Crippen molar-refractivity contribution in [2.75, 3.05) is 0 Å². The third kappa shape index (κ3) is 2.40. The van der Waals surface area contributed by atoms with Gasteiger partial charge in [0.15, 0.2) is 0 Å². The van der Waals surface area contributed by atoms with E-state index in [-0.39, 0.29) is 5.97 Å². The Morgan fingerprint density at radius 2 is 1.65 bits per heavy atom. The van der Waals surface area contributed by atoms with Crippen LogP contribution in [0.3, 0.4) is 0 Å². The molecule has 0 unspecified atom stereocenters. The maximum atomic E-state index is 12.7. The van der Waals surface area contributed by atoms with Crippen LogP contribution in [0.1, 0.15) is 36.1 Å². The molecule has 2 aromatic rings. The first-order valence-corrected chi connectivity index (χ1v) is 7.33. The summed E-state index contributed by atoms with van der Waals surface area (Å²) in [6, 6.07) is 14.0. The van der Waals surface area contributed by atoms with Crippen LogP contribution in [0.2, 0.25) is 0 Å². The zero-order valence-corrected chi connectivity index (χ0v) is 12.4. The zero-order valence-electron chi connectivity index (χ0n) is 12.4. The van der Waals surface area contributed by atoms with E-state index in [2.05, 4.69) is 0 Å². The van der Waals surface area contributed by atoms with Gasteiger partial charge in [-0.15, -0.1) is 0 Å². The number of hydrogen-bond donors (Lipinski definition) is 0. The summed E-state index contributed by atoms with van der Waals surface area (Å²) in [6.07, 6.45) is -4.43. The summed E-state index contributed by atoms with van der Waals surface area (Å²) >= 11 is 0. The number of halogens is 3. The number of alkyl halides is 3. The minimum Gasteiger partial charge on any atom is -0.455 e. The van der Waals surface area contributed by atoms with E-state index < -0.39 is 23.3 Å². The summed E-state index contributed by atoms with van der Waals surface area (Å²) in [7, 11) is 0. The number of cyclic esters (lactones) is 1. The van der Waals surface area contributed by atoms with Gasteiger partial charge < -0.3 is 4.74 Å². The molecular weight excluding hydrogens is 305 g/mol. The van der Waals surface area contributed by atoms with Crippen LogP contribution in [0.5, 0.6) is 0 Å². The second-order valence-electron chi connectivity index (χ2n) is 5.60. The summed E-state index contributed by atoms with van der Waals surface area (Å²) < 4.78 is 43.3. The first-order chi connectivity index (χ1) is 10.9. The molecule has 2 aromatic carbocycles. The number of hydrogen-bond acceptors (Lipinski definition) is 2. The van der Waals surface area contributed by atoms with E-state index in [9.17, 15) is 18.0 Å². The van der Waals surface area contributed by atoms with Crippen LogP contribution in [0.4, 0.5) is 13.2 Å². The molecule has 1 heterocycles. The molecule has 0 radical (unpaired) electrons. The number of carbonyl (C=O) groups is 1. The quantitative estimate of drug-likeness (QED) is 0.769. The Morgan fingerprint density at radius 3 is 2.13 bits per heavy atom. The van der Waals surface area contributed by atoms with Gasteiger partial charge in [0, 0.05) is 0 Å². The number of ether oxygens (including phenoxy) is 1. The molecule has 0 saturated carbocycles. The third-order valence-corrected chi connectivity index (χ3v) is 4.42. The fourth-order valence-electron chi connectivity index (χ4n) is 3.10. The van der Waals surface area contributed by atoms with E-state index in [0.717, 1.165) is 17.7 Å². The minimum atomic E-state index is -4.38. The van der Waals surface area contributed by atoms with E-state index in [1.54, 1.807) is 0 Å². The maximum Gasteiger partial charge on any atom is 0.416 e. The van der Waals surface area contributed by atoms with Gasteiger partial charge in [-0.25, -0.2) is 0 Å². The average Bonchev–Trinajstić information content (AvgIpc) is 2.54. The van der Waals surface area contributed by atoms with Gasteiger partial charge >= 0.3 is 12.1 Å². The molecular formula is C18H15F3O2. The van der Waals surface area contributed by atoms with E-state index in [1.807, 2.05) is 37.3 Å². The maximum absolute atomic E-state index is 12.7. The Bertz CT molecular complexity index is 707. The van der Waals surface area contributed by atoms with Crippen LogP contribution >= 0.6 is 0 Å². The minimum absolute atomic E-state index is 0.337. The van der Waals surface area contributed by atoms with Crippen LogP contribution in [0.25, 0.3) is 0 Å². The Hall–Kier alpha value is -2.30. The standard InChI is InChI=1S/C18H15F3O2/c1-2-17(13-6-4-3-5-7-13)15(23-16(17)22)12-8-10-14(11-9-12)18(19,20)21/h3-11,15H,2H2,1H3/t15-,17-/m0/s1. The van der Waals surface area contributed by atoms with Crippen molar-refractivity contribution in [1.29, 1.82) is 0 Å². The van der Waals surface area contributed by atoms with Gasteiger partial charge in [-0.05, 0) is 29.7 Å². The highest BCUT2D eigenvalue weighted by Crippen LogP contribution is 2.51. The first kappa shape index (κ1) is 15.6. The molecule has 23 heavy (non-hydrogen) atoms. The molecule has 0 amide bonds. The summed E-state index contributed by atoms with van der Waals surface area (Å²) in [5, 5.41) is 0. The fourth-order valence-corrected chi connectivity index (χ4v) is 3.10. The van der Waals surface area contributed by atoms with E-state index >= 15 is 0 Å². The summed E-state index contributed by atoms with van der Waals surface area (Å²) in [5.74, 6) is -0.337. The Kier molecular flexibility index (Phi) is 3.66. The smallest absolute Gasteiger partial charge is 0.416 e. The molecule has 0 aliphatic carbocycles. The largest absolute Gasteiger partial charge is 0.455 e. The third-order valence-electron chi connectivity index (χ3n) is 4.42. The molecule has 1 saturated heterocycles. The van der Waals surface area contributed by atoms with Gasteiger partial charge in [-0.1, -0.05) is 49.4 Å². The normalized spacial score (nSPS) is 24.0. The SMILES string of the molecule is CC[C@@]1(c2ccccc2)C(=O)O[C@H]1c1ccc(C(F)(F)F)cc1. The molecule has 0 bridgehead atoms. The predicted molar refractivity (Wildman–Crippen MR) is 78.7 cm³/mol. The highest BCUT2D eigenvalue weighted by atomic mass is 19.4. The highest BCUT2D eigenvalue weighted by molar-refractivity contribution is 5.90. The summed E-state index contributed by atoms with van der Waals surface area (Å²) in [6.45, 7) is 1.88. The molecule has 1 aliphatic rings. The second kappa shape index (κ2) is 5.41. The number of esters is 1. The molecule has 1 aliphatic heterocycles. The lowest BCUT2D eigenvalue weighted by molar-refractivity contribution is -0.193. The van der Waals surface area contributed by atoms with Crippen molar-refractivity contribution in [2.24, 2.45) is 0 Å². The molecule has 0 spiro atoms. The van der Waals surface area contributed by atoms with Crippen molar-refractivity contribution in [3.8, 4) is 0 Å². The highest BCUT2D eigenvalue weighted by Gasteiger charge is 2.58. The van der Waals surface area contributed by atoms with Crippen molar-refractivity contribution < 1.29 is 22.7 Å². The molecule has 3 rings (SSSR count). The molecule has 2 nitrogen and oxygen atoms in total. The van der Waals surface area contributed by atoms with Crippen LogP contribution in [0, 0.1) is 0 Å². The van der Waals surface area contributed by atoms with Crippen molar-refractivity contribution in [3.05, 3.63) is 71.3 Å². The molecule has 0 aromatic heterocycles. The topological polar surface area (TPSA) is 26.3 Å². The molecule has 120 valence electrons. The number of benzene rings is 2. The van der Waals surface area contributed by atoms with Gasteiger partial charge in [0.2, 0.25) is 0 Å². The lowest BCUT2D eigenvalue weighted by atomic mass is 9.67. The fraction of sp³-hybridized carbons (Fsp3) is 0.278. The lowest BCUT2D eigenvalue weighted by Gasteiger charge is -2.47. The molecule has 1 fully saturated rings. The van der Waals surface area contributed by atoms with Crippen LogP contribution < -0.4 is 0 Å². The second-order valence-corrected chi connectivity index (χ2v) is 5.60. The number of carbonyl (C=O) groups excluding carboxylic acids is 1. The predicted octanol–water partition coefficient (Wildman–Crippen LogP) is 4.65. The Balaban J connectivity index is 1.98. The van der Waals surface area contributed by atoms with Crippen molar-refractivity contribution in [1.82, 2.24) is 0 Å². The van der Waals surface area contributed by atoms with E-state index in [0.29, 0.717) is 12.0 Å². The van der Waals surface area contributed by atoms with Gasteiger partial charge in [-0.2, -0.15) is 13.2 Å². The molecule has 2 atom stereocenters. The Labute approximate surface area is 131 Å². The monoisotopic (exact) mass is 320 g/mol. The van der Waals surface area contributed by atoms with Crippen molar-refractivity contribution in [2.45, 2.75) is 31.0 Å². The van der Waals surface area contributed by atoms with Crippen molar-refractivity contribution in [3.63, 3.8) is 0 Å². The van der Waals surface area contributed by atoms with Crippen LogP contribution in [-0.4, -0.2) is 5.97 Å². The van der Waals surface area contributed by atoms with Crippen LogP contribution in [0.15, 0.2) is 54.6 Å². The number of rotatable bonds is 3. The van der Waals surface area contributed by atoms with Crippen molar-refractivity contribution >= 4 is 5.97 Å². The van der Waals surface area contributed by atoms with Gasteiger partial charge in [-0.3, -0.25) is 4.79 Å². The van der Waals surface area contributed by atoms with Crippen LogP contribution in [-0.2, 0) is 21.1 Å². The summed E-state index contributed by atoms with van der Waals surface area (Å²) in [4.78, 5) is 12.2. The van der Waals surface area contributed by atoms with E-state index in [1.165, 1.54) is 12.1 Å². The zero-order chi connectivity index (χ0) is 16.7. The van der Waals surface area contributed by atoms with Gasteiger partial charge in [0.05, 0.1) is 5.56 Å². The average molecular weight is 320 g/mol.